The average molecular weight is 270 g/mol. The summed E-state index contributed by atoms with van der Waals surface area (Å²) in [6.45, 7) is 4.54. The van der Waals surface area contributed by atoms with Crippen LogP contribution in [0.15, 0.2) is 0 Å². The molecule has 3 aliphatic heterocycles. The van der Waals surface area contributed by atoms with Gasteiger partial charge in [-0.1, -0.05) is 13.8 Å². The van der Waals surface area contributed by atoms with Crippen molar-refractivity contribution < 1.29 is 28.1 Å². The van der Waals surface area contributed by atoms with E-state index in [1.54, 1.807) is 7.11 Å². The van der Waals surface area contributed by atoms with Crippen LogP contribution >= 0.6 is 0 Å². The Hall–Kier alpha value is -0.110. The van der Waals surface area contributed by atoms with Gasteiger partial charge >= 0.3 is 14.2 Å². The van der Waals surface area contributed by atoms with Crippen molar-refractivity contribution in [1.82, 2.24) is 0 Å². The van der Waals surface area contributed by atoms with Crippen molar-refractivity contribution in [2.45, 2.75) is 57.2 Å². The van der Waals surface area contributed by atoms with Crippen molar-refractivity contribution >= 4 is 14.2 Å². The molecule has 3 fully saturated rings. The molecule has 19 heavy (non-hydrogen) atoms. The van der Waals surface area contributed by atoms with Crippen molar-refractivity contribution in [1.29, 1.82) is 0 Å². The average Bonchev–Trinajstić information content (AvgIpc) is 2.96. The minimum atomic E-state index is -0.349. The van der Waals surface area contributed by atoms with Crippen LogP contribution in [0.3, 0.4) is 0 Å². The zero-order chi connectivity index (χ0) is 13.4. The molecule has 0 aliphatic carbocycles. The van der Waals surface area contributed by atoms with Gasteiger partial charge in [0.2, 0.25) is 0 Å². The van der Waals surface area contributed by atoms with Gasteiger partial charge < -0.3 is 28.1 Å². The molecule has 3 rings (SSSR count). The molecule has 106 valence electrons. The molecule has 0 amide bonds. The van der Waals surface area contributed by atoms with Crippen molar-refractivity contribution in [2.75, 3.05) is 13.7 Å². The van der Waals surface area contributed by atoms with Gasteiger partial charge in [0.1, 0.15) is 18.3 Å². The standard InChI is InChI=1S/C11H20B2O6/c1-4-12-16-7(6-14-3)8-9(17-12)10-11(15-8)19-13(5-2)18-10/h7-11H,4-6H2,1-3H3/t7-,8-,9+,10-,11-/m1/s1. The third-order valence-corrected chi connectivity index (χ3v) is 3.80. The van der Waals surface area contributed by atoms with E-state index in [-0.39, 0.29) is 44.9 Å². The Morgan fingerprint density at radius 1 is 0.895 bits per heavy atom. The van der Waals surface area contributed by atoms with Crippen LogP contribution in [0.5, 0.6) is 0 Å². The second-order valence-electron chi connectivity index (χ2n) is 5.11. The third kappa shape index (κ3) is 2.46. The zero-order valence-electron chi connectivity index (χ0n) is 11.6. The van der Waals surface area contributed by atoms with E-state index in [9.17, 15) is 0 Å². The van der Waals surface area contributed by atoms with Gasteiger partial charge in [-0.25, -0.2) is 0 Å². The van der Waals surface area contributed by atoms with Gasteiger partial charge in [0, 0.05) is 7.11 Å². The Bertz CT molecular complexity index is 320. The second kappa shape index (κ2) is 5.71. The molecule has 0 aromatic carbocycles. The fourth-order valence-electron chi connectivity index (χ4n) is 2.88. The van der Waals surface area contributed by atoms with Crippen LogP contribution in [0, 0.1) is 0 Å². The lowest BCUT2D eigenvalue weighted by atomic mass is 9.81. The van der Waals surface area contributed by atoms with Crippen molar-refractivity contribution in [3.63, 3.8) is 0 Å². The Balaban J connectivity index is 1.72. The van der Waals surface area contributed by atoms with Gasteiger partial charge in [0.05, 0.1) is 12.7 Å². The van der Waals surface area contributed by atoms with E-state index < -0.39 is 0 Å². The maximum atomic E-state index is 5.94. The largest absolute Gasteiger partial charge is 0.458 e. The summed E-state index contributed by atoms with van der Waals surface area (Å²) >= 11 is 0. The summed E-state index contributed by atoms with van der Waals surface area (Å²) in [7, 11) is 1.24. The van der Waals surface area contributed by atoms with Crippen LogP contribution in [0.4, 0.5) is 0 Å². The van der Waals surface area contributed by atoms with E-state index in [0.717, 1.165) is 12.6 Å². The molecular weight excluding hydrogens is 250 g/mol. The van der Waals surface area contributed by atoms with Gasteiger partial charge in [0.15, 0.2) is 6.29 Å². The highest BCUT2D eigenvalue weighted by Gasteiger charge is 2.58. The monoisotopic (exact) mass is 270 g/mol. The Morgan fingerprint density at radius 3 is 2.26 bits per heavy atom. The SMILES string of the molecule is CCB1O[C@H]2O[C@H]3[C@H](OB(CC)O[C@@H]3COC)[C@H]2O1. The molecular formula is C11H20B2O6. The van der Waals surface area contributed by atoms with Crippen LogP contribution in [-0.4, -0.2) is 58.7 Å². The van der Waals surface area contributed by atoms with Crippen LogP contribution < -0.4 is 0 Å². The molecule has 3 heterocycles. The van der Waals surface area contributed by atoms with Crippen LogP contribution in [0.1, 0.15) is 13.8 Å². The first-order valence-corrected chi connectivity index (χ1v) is 7.03. The van der Waals surface area contributed by atoms with Crippen molar-refractivity contribution in [2.24, 2.45) is 0 Å². The number of fused-ring (bicyclic) bond motifs is 3. The molecule has 3 aliphatic rings. The summed E-state index contributed by atoms with van der Waals surface area (Å²) in [5.74, 6) is 0. The molecule has 6 nitrogen and oxygen atoms in total. The number of hydrogen-bond donors (Lipinski definition) is 0. The first-order chi connectivity index (χ1) is 9.26. The summed E-state index contributed by atoms with van der Waals surface area (Å²) in [6, 6.07) is 0. The summed E-state index contributed by atoms with van der Waals surface area (Å²) in [4.78, 5) is 0. The van der Waals surface area contributed by atoms with Crippen LogP contribution in [0.2, 0.25) is 12.6 Å². The zero-order valence-corrected chi connectivity index (χ0v) is 11.6. The number of methoxy groups -OCH3 is 1. The lowest BCUT2D eigenvalue weighted by Gasteiger charge is -2.37. The molecule has 0 saturated carbocycles. The second-order valence-corrected chi connectivity index (χ2v) is 5.11. The lowest BCUT2D eigenvalue weighted by molar-refractivity contribution is -0.142. The predicted molar refractivity (Wildman–Crippen MR) is 68.7 cm³/mol. The normalized spacial score (nSPS) is 41.5. The van der Waals surface area contributed by atoms with Gasteiger partial charge in [-0.05, 0) is 12.6 Å². The Morgan fingerprint density at radius 2 is 1.58 bits per heavy atom. The summed E-state index contributed by atoms with van der Waals surface area (Å²) < 4.78 is 34.4. The van der Waals surface area contributed by atoms with E-state index in [1.807, 2.05) is 13.8 Å². The maximum Gasteiger partial charge on any atom is 0.458 e. The van der Waals surface area contributed by atoms with Crippen LogP contribution in [0.25, 0.3) is 0 Å². The molecule has 0 bridgehead atoms. The minimum Gasteiger partial charge on any atom is -0.403 e. The highest BCUT2D eigenvalue weighted by Crippen LogP contribution is 2.38. The smallest absolute Gasteiger partial charge is 0.403 e. The quantitative estimate of drug-likeness (QED) is 0.696. The summed E-state index contributed by atoms with van der Waals surface area (Å²) in [6.07, 6.45) is 0.635. The number of ether oxygens (including phenoxy) is 2. The van der Waals surface area contributed by atoms with Gasteiger partial charge in [-0.15, -0.1) is 0 Å². The van der Waals surface area contributed by atoms with E-state index in [2.05, 4.69) is 0 Å². The number of rotatable bonds is 4. The topological polar surface area (TPSA) is 55.4 Å². The highest BCUT2D eigenvalue weighted by molar-refractivity contribution is 6.45. The van der Waals surface area contributed by atoms with Crippen molar-refractivity contribution in [3.05, 3.63) is 0 Å². The molecule has 3 saturated heterocycles. The highest BCUT2D eigenvalue weighted by atomic mass is 16.8. The number of hydrogen-bond acceptors (Lipinski definition) is 6. The van der Waals surface area contributed by atoms with Gasteiger partial charge in [0.25, 0.3) is 0 Å². The Kier molecular flexibility index (Phi) is 4.17. The Labute approximate surface area is 114 Å². The molecule has 0 radical (unpaired) electrons. The minimum absolute atomic E-state index is 0.133. The fraction of sp³-hybridized carbons (Fsp3) is 1.00. The van der Waals surface area contributed by atoms with Gasteiger partial charge in [-0.2, -0.15) is 0 Å². The van der Waals surface area contributed by atoms with Crippen LogP contribution in [-0.2, 0) is 28.1 Å². The molecule has 0 aromatic heterocycles. The molecule has 0 N–H and O–H groups in total. The third-order valence-electron chi connectivity index (χ3n) is 3.80. The lowest BCUT2D eigenvalue weighted by Crippen LogP contribution is -2.54. The van der Waals surface area contributed by atoms with E-state index in [0.29, 0.717) is 6.61 Å². The van der Waals surface area contributed by atoms with E-state index in [4.69, 9.17) is 28.1 Å². The first-order valence-electron chi connectivity index (χ1n) is 7.03. The first kappa shape index (κ1) is 13.9. The molecule has 0 unspecified atom stereocenters. The van der Waals surface area contributed by atoms with Gasteiger partial charge in [-0.3, -0.25) is 0 Å². The fourth-order valence-corrected chi connectivity index (χ4v) is 2.88. The molecule has 8 heteroatoms. The van der Waals surface area contributed by atoms with E-state index in [1.165, 1.54) is 0 Å². The molecule has 5 atom stereocenters. The molecule has 0 spiro atoms. The predicted octanol–water partition coefficient (Wildman–Crippen LogP) is 0.573. The van der Waals surface area contributed by atoms with Crippen molar-refractivity contribution in [3.8, 4) is 0 Å². The van der Waals surface area contributed by atoms with E-state index >= 15 is 0 Å². The summed E-state index contributed by atoms with van der Waals surface area (Å²) in [5, 5.41) is 0. The summed E-state index contributed by atoms with van der Waals surface area (Å²) in [5.41, 5.74) is 0. The molecule has 0 aromatic rings. The maximum absolute atomic E-state index is 5.94.